The summed E-state index contributed by atoms with van der Waals surface area (Å²) in [5.74, 6) is 1.01. The van der Waals surface area contributed by atoms with E-state index in [0.29, 0.717) is 6.42 Å². The van der Waals surface area contributed by atoms with E-state index in [-0.39, 0.29) is 6.04 Å². The Balaban J connectivity index is 1.96. The predicted molar refractivity (Wildman–Crippen MR) is 84.0 cm³/mol. The molecule has 0 saturated heterocycles. The molecule has 0 bridgehead atoms. The number of hydrogen-bond donors (Lipinski definition) is 1. The van der Waals surface area contributed by atoms with Crippen LogP contribution in [0.4, 0.5) is 0 Å². The van der Waals surface area contributed by atoms with Crippen LogP contribution in [0.25, 0.3) is 11.0 Å². The van der Waals surface area contributed by atoms with Crippen LogP contribution in [0.3, 0.4) is 0 Å². The monoisotopic (exact) mass is 283 g/mol. The lowest BCUT2D eigenvalue weighted by Crippen LogP contribution is -2.17. The zero-order valence-corrected chi connectivity index (χ0v) is 13.0. The van der Waals surface area contributed by atoms with Gasteiger partial charge < -0.3 is 10.3 Å². The Bertz CT molecular complexity index is 796. The smallest absolute Gasteiger partial charge is 0.111 e. The molecule has 5 heteroatoms. The van der Waals surface area contributed by atoms with E-state index in [1.807, 2.05) is 43.9 Å². The van der Waals surface area contributed by atoms with Gasteiger partial charge in [-0.15, -0.1) is 0 Å². The van der Waals surface area contributed by atoms with Crippen molar-refractivity contribution < 1.29 is 0 Å². The molecule has 0 saturated carbocycles. The van der Waals surface area contributed by atoms with Gasteiger partial charge in [0.1, 0.15) is 5.82 Å². The third-order valence-corrected chi connectivity index (χ3v) is 4.22. The van der Waals surface area contributed by atoms with Gasteiger partial charge in [-0.05, 0) is 26.0 Å². The van der Waals surface area contributed by atoms with Crippen LogP contribution < -0.4 is 5.73 Å². The van der Waals surface area contributed by atoms with Crippen LogP contribution >= 0.6 is 0 Å². The molecule has 1 unspecified atom stereocenters. The van der Waals surface area contributed by atoms with Crippen LogP contribution in [-0.4, -0.2) is 19.3 Å². The van der Waals surface area contributed by atoms with Crippen LogP contribution in [0.2, 0.25) is 0 Å². The lowest BCUT2D eigenvalue weighted by molar-refractivity contribution is 0.655. The Labute approximate surface area is 124 Å². The first-order valence-electron chi connectivity index (χ1n) is 7.15. The average Bonchev–Trinajstić information content (AvgIpc) is 2.88. The number of aromatic nitrogens is 4. The molecule has 2 heterocycles. The van der Waals surface area contributed by atoms with Crippen LogP contribution in [0.1, 0.15) is 28.8 Å². The van der Waals surface area contributed by atoms with Crippen molar-refractivity contribution in [1.82, 2.24) is 19.3 Å². The summed E-state index contributed by atoms with van der Waals surface area (Å²) in [4.78, 5) is 4.70. The SMILES string of the molecule is Cc1nn(C)c(C)c1C(N)Cc1nc2ccccc2n1C. The van der Waals surface area contributed by atoms with Crippen LogP contribution in [0.5, 0.6) is 0 Å². The predicted octanol–water partition coefficient (Wildman–Crippen LogP) is 2.17. The van der Waals surface area contributed by atoms with Gasteiger partial charge in [-0.25, -0.2) is 4.98 Å². The number of para-hydroxylation sites is 2. The topological polar surface area (TPSA) is 61.7 Å². The summed E-state index contributed by atoms with van der Waals surface area (Å²) in [5.41, 5.74) is 11.8. The van der Waals surface area contributed by atoms with Crippen molar-refractivity contribution in [3.63, 3.8) is 0 Å². The highest BCUT2D eigenvalue weighted by atomic mass is 15.3. The quantitative estimate of drug-likeness (QED) is 0.801. The first-order chi connectivity index (χ1) is 9.99. The number of nitrogens with two attached hydrogens (primary N) is 1. The van der Waals surface area contributed by atoms with Crippen molar-refractivity contribution in [2.45, 2.75) is 26.3 Å². The van der Waals surface area contributed by atoms with Gasteiger partial charge in [0.05, 0.1) is 16.7 Å². The zero-order valence-electron chi connectivity index (χ0n) is 13.0. The minimum Gasteiger partial charge on any atom is -0.331 e. The largest absolute Gasteiger partial charge is 0.331 e. The molecule has 0 radical (unpaired) electrons. The molecule has 3 rings (SSSR count). The highest BCUT2D eigenvalue weighted by molar-refractivity contribution is 5.75. The summed E-state index contributed by atoms with van der Waals surface area (Å²) in [6.07, 6.45) is 0.707. The Kier molecular flexibility index (Phi) is 3.29. The molecule has 5 nitrogen and oxygen atoms in total. The van der Waals surface area contributed by atoms with E-state index in [1.165, 1.54) is 0 Å². The summed E-state index contributed by atoms with van der Waals surface area (Å²) in [5, 5.41) is 4.45. The van der Waals surface area contributed by atoms with Gasteiger partial charge in [-0.3, -0.25) is 4.68 Å². The lowest BCUT2D eigenvalue weighted by Gasteiger charge is -2.12. The number of aryl methyl sites for hydroxylation is 3. The summed E-state index contributed by atoms with van der Waals surface area (Å²) >= 11 is 0. The van der Waals surface area contributed by atoms with Crippen LogP contribution in [0, 0.1) is 13.8 Å². The highest BCUT2D eigenvalue weighted by Crippen LogP contribution is 2.24. The van der Waals surface area contributed by atoms with Gasteiger partial charge in [0.2, 0.25) is 0 Å². The first kappa shape index (κ1) is 13.8. The summed E-state index contributed by atoms with van der Waals surface area (Å²) in [6.45, 7) is 4.07. The number of nitrogens with zero attached hydrogens (tertiary/aromatic N) is 4. The van der Waals surface area contributed by atoms with Crippen molar-refractivity contribution >= 4 is 11.0 Å². The van der Waals surface area contributed by atoms with Gasteiger partial charge >= 0.3 is 0 Å². The molecule has 2 N–H and O–H groups in total. The molecule has 21 heavy (non-hydrogen) atoms. The van der Waals surface area contributed by atoms with Crippen molar-refractivity contribution in [2.75, 3.05) is 0 Å². The Morgan fingerprint density at radius 3 is 2.52 bits per heavy atom. The standard InChI is InChI=1S/C16H21N5/c1-10-16(11(2)21(4)19-10)12(17)9-15-18-13-7-5-6-8-14(13)20(15)3/h5-8,12H,9,17H2,1-4H3. The minimum absolute atomic E-state index is 0.0887. The van der Waals surface area contributed by atoms with Gasteiger partial charge in [0.15, 0.2) is 0 Å². The normalized spacial score (nSPS) is 13.0. The van der Waals surface area contributed by atoms with Gasteiger partial charge in [-0.2, -0.15) is 5.10 Å². The molecule has 0 amide bonds. The number of benzene rings is 1. The van der Waals surface area contributed by atoms with Crippen LogP contribution in [0.15, 0.2) is 24.3 Å². The fraction of sp³-hybridized carbons (Fsp3) is 0.375. The second-order valence-electron chi connectivity index (χ2n) is 5.59. The van der Waals surface area contributed by atoms with Crippen LogP contribution in [-0.2, 0) is 20.5 Å². The molecule has 0 spiro atoms. The molecule has 0 aliphatic heterocycles. The second kappa shape index (κ2) is 5.00. The maximum atomic E-state index is 6.43. The molecule has 1 aromatic carbocycles. The number of hydrogen-bond acceptors (Lipinski definition) is 3. The maximum Gasteiger partial charge on any atom is 0.111 e. The molecule has 110 valence electrons. The van der Waals surface area contributed by atoms with E-state index < -0.39 is 0 Å². The highest BCUT2D eigenvalue weighted by Gasteiger charge is 2.19. The molecule has 0 aliphatic carbocycles. The van der Waals surface area contributed by atoms with Gasteiger partial charge in [0.25, 0.3) is 0 Å². The van der Waals surface area contributed by atoms with E-state index in [1.54, 1.807) is 0 Å². The van der Waals surface area contributed by atoms with E-state index in [4.69, 9.17) is 10.7 Å². The second-order valence-corrected chi connectivity index (χ2v) is 5.59. The number of rotatable bonds is 3. The third-order valence-electron chi connectivity index (χ3n) is 4.22. The summed E-state index contributed by atoms with van der Waals surface area (Å²) in [7, 11) is 3.99. The molecule has 0 fully saturated rings. The fourth-order valence-corrected chi connectivity index (χ4v) is 3.00. The Morgan fingerprint density at radius 2 is 1.90 bits per heavy atom. The first-order valence-corrected chi connectivity index (χ1v) is 7.15. The summed E-state index contributed by atoms with van der Waals surface area (Å²) < 4.78 is 4.01. The van der Waals surface area contributed by atoms with E-state index in [0.717, 1.165) is 33.8 Å². The average molecular weight is 283 g/mol. The van der Waals surface area contributed by atoms with Gasteiger partial charge in [-0.1, -0.05) is 12.1 Å². The molecule has 2 aromatic heterocycles. The fourth-order valence-electron chi connectivity index (χ4n) is 3.00. The molecular weight excluding hydrogens is 262 g/mol. The molecule has 3 aromatic rings. The van der Waals surface area contributed by atoms with Crippen molar-refractivity contribution in [3.8, 4) is 0 Å². The summed E-state index contributed by atoms with van der Waals surface area (Å²) in [6, 6.07) is 8.06. The molecular formula is C16H21N5. The van der Waals surface area contributed by atoms with Crippen molar-refractivity contribution in [3.05, 3.63) is 47.0 Å². The van der Waals surface area contributed by atoms with E-state index >= 15 is 0 Å². The zero-order chi connectivity index (χ0) is 15.1. The van der Waals surface area contributed by atoms with E-state index in [2.05, 4.69) is 22.7 Å². The Hall–Kier alpha value is -2.14. The minimum atomic E-state index is -0.0887. The number of imidazole rings is 1. The van der Waals surface area contributed by atoms with E-state index in [9.17, 15) is 0 Å². The number of fused-ring (bicyclic) bond motifs is 1. The Morgan fingerprint density at radius 1 is 1.19 bits per heavy atom. The third kappa shape index (κ3) is 2.23. The molecule has 0 aliphatic rings. The van der Waals surface area contributed by atoms with Crippen molar-refractivity contribution in [1.29, 1.82) is 0 Å². The lowest BCUT2D eigenvalue weighted by atomic mass is 10.0. The maximum absolute atomic E-state index is 6.43. The van der Waals surface area contributed by atoms with Gasteiger partial charge in [0, 0.05) is 37.8 Å². The molecule has 1 atom stereocenters. The van der Waals surface area contributed by atoms with Crippen molar-refractivity contribution in [2.24, 2.45) is 19.8 Å².